The minimum absolute atomic E-state index is 0.0860. The van der Waals surface area contributed by atoms with Crippen molar-refractivity contribution in [1.82, 2.24) is 10.3 Å². The monoisotopic (exact) mass is 302 g/mol. The molecule has 94 valence electrons. The predicted molar refractivity (Wildman–Crippen MR) is 68.6 cm³/mol. The molecule has 1 amide bonds. The van der Waals surface area contributed by atoms with Crippen LogP contribution in [-0.4, -0.2) is 30.6 Å². The summed E-state index contributed by atoms with van der Waals surface area (Å²) in [6.45, 7) is 2.29. The first-order chi connectivity index (χ1) is 8.08. The quantitative estimate of drug-likeness (QED) is 0.555. The van der Waals surface area contributed by atoms with E-state index in [9.17, 15) is 4.79 Å². The largest absolute Gasteiger partial charge is 0.383 e. The predicted octanol–water partition coefficient (Wildman–Crippen LogP) is 0.894. The smallest absolute Gasteiger partial charge is 0.255 e. The number of ether oxygens (including phenoxy) is 1. The summed E-state index contributed by atoms with van der Waals surface area (Å²) in [7, 11) is 1.58. The Balaban J connectivity index is 2.83. The molecule has 4 N–H and O–H groups in total. The fourth-order valence-corrected chi connectivity index (χ4v) is 1.65. The number of aromatic nitrogens is 1. The summed E-state index contributed by atoms with van der Waals surface area (Å²) in [6, 6.07) is 1.56. The molecule has 1 atom stereocenters. The molecule has 1 aromatic rings. The van der Waals surface area contributed by atoms with Crippen LogP contribution in [0.25, 0.3) is 0 Å². The number of halogens is 1. The van der Waals surface area contributed by atoms with Crippen LogP contribution in [0.1, 0.15) is 17.3 Å². The van der Waals surface area contributed by atoms with E-state index in [1.54, 1.807) is 19.4 Å². The van der Waals surface area contributed by atoms with E-state index in [0.29, 0.717) is 22.5 Å². The summed E-state index contributed by atoms with van der Waals surface area (Å²) in [5.41, 5.74) is 2.76. The van der Waals surface area contributed by atoms with Crippen LogP contribution < -0.4 is 16.6 Å². The van der Waals surface area contributed by atoms with Gasteiger partial charge in [-0.1, -0.05) is 0 Å². The molecular formula is C10H15BrN4O2. The van der Waals surface area contributed by atoms with Crippen LogP contribution in [0.4, 0.5) is 5.82 Å². The summed E-state index contributed by atoms with van der Waals surface area (Å²) in [5.74, 6) is 5.37. The fraction of sp³-hybridized carbons (Fsp3) is 0.400. The van der Waals surface area contributed by atoms with Gasteiger partial charge in [0.15, 0.2) is 5.82 Å². The third-order valence-electron chi connectivity index (χ3n) is 2.03. The van der Waals surface area contributed by atoms with Gasteiger partial charge in [-0.15, -0.1) is 0 Å². The first-order valence-electron chi connectivity index (χ1n) is 5.00. The van der Waals surface area contributed by atoms with Gasteiger partial charge in [0.05, 0.1) is 12.2 Å². The Morgan fingerprint density at radius 1 is 1.71 bits per heavy atom. The lowest BCUT2D eigenvalue weighted by Gasteiger charge is -2.14. The lowest BCUT2D eigenvalue weighted by atomic mass is 10.2. The average Bonchev–Trinajstić information content (AvgIpc) is 2.29. The summed E-state index contributed by atoms with van der Waals surface area (Å²) in [5, 5.41) is 2.78. The van der Waals surface area contributed by atoms with Crippen molar-refractivity contribution in [2.45, 2.75) is 13.0 Å². The Morgan fingerprint density at radius 2 is 2.41 bits per heavy atom. The molecule has 0 aliphatic carbocycles. The highest BCUT2D eigenvalue weighted by molar-refractivity contribution is 9.10. The third kappa shape index (κ3) is 3.95. The number of nitrogens with zero attached hydrogens (tertiary/aromatic N) is 1. The van der Waals surface area contributed by atoms with Crippen molar-refractivity contribution in [3.63, 3.8) is 0 Å². The van der Waals surface area contributed by atoms with Gasteiger partial charge in [-0.2, -0.15) is 0 Å². The molecule has 7 heteroatoms. The van der Waals surface area contributed by atoms with E-state index in [2.05, 4.69) is 31.7 Å². The highest BCUT2D eigenvalue weighted by Gasteiger charge is 2.14. The lowest BCUT2D eigenvalue weighted by Crippen LogP contribution is -2.36. The first kappa shape index (κ1) is 13.9. The fourth-order valence-electron chi connectivity index (χ4n) is 1.32. The van der Waals surface area contributed by atoms with Crippen molar-refractivity contribution >= 4 is 27.7 Å². The van der Waals surface area contributed by atoms with Crippen molar-refractivity contribution < 1.29 is 9.53 Å². The van der Waals surface area contributed by atoms with E-state index in [-0.39, 0.29) is 11.9 Å². The maximum Gasteiger partial charge on any atom is 0.255 e. The maximum atomic E-state index is 11.9. The Labute approximate surface area is 108 Å². The molecule has 0 saturated carbocycles. The summed E-state index contributed by atoms with van der Waals surface area (Å²) >= 11 is 3.25. The van der Waals surface area contributed by atoms with Crippen LogP contribution in [-0.2, 0) is 4.74 Å². The first-order valence-corrected chi connectivity index (χ1v) is 5.79. The number of rotatable bonds is 5. The van der Waals surface area contributed by atoms with Crippen molar-refractivity contribution in [2.75, 3.05) is 19.1 Å². The topological polar surface area (TPSA) is 89.3 Å². The maximum absolute atomic E-state index is 11.9. The van der Waals surface area contributed by atoms with E-state index in [4.69, 9.17) is 10.6 Å². The van der Waals surface area contributed by atoms with Gasteiger partial charge < -0.3 is 15.5 Å². The van der Waals surface area contributed by atoms with Crippen LogP contribution in [0.3, 0.4) is 0 Å². The number of anilines is 1. The second kappa shape index (κ2) is 6.53. The molecule has 0 saturated heterocycles. The molecule has 0 spiro atoms. The molecule has 0 aromatic carbocycles. The van der Waals surface area contributed by atoms with E-state index in [1.165, 1.54) is 0 Å². The number of nitrogen functional groups attached to an aromatic ring is 1. The second-order valence-electron chi connectivity index (χ2n) is 3.52. The summed E-state index contributed by atoms with van der Waals surface area (Å²) in [4.78, 5) is 15.9. The van der Waals surface area contributed by atoms with Gasteiger partial charge >= 0.3 is 0 Å². The zero-order valence-corrected chi connectivity index (χ0v) is 11.2. The van der Waals surface area contributed by atoms with Crippen LogP contribution in [0.2, 0.25) is 0 Å². The standard InChI is InChI=1S/C10H15BrN4O2/c1-6(5-17-2)14-10(16)8-3-7(11)4-13-9(8)15-12/h3-4,6H,5,12H2,1-2H3,(H,13,15)(H,14,16). The Kier molecular flexibility index (Phi) is 5.33. The van der Waals surface area contributed by atoms with Gasteiger partial charge in [-0.25, -0.2) is 10.8 Å². The van der Waals surface area contributed by atoms with E-state index in [1.807, 2.05) is 6.92 Å². The number of amides is 1. The van der Waals surface area contributed by atoms with E-state index in [0.717, 1.165) is 0 Å². The minimum Gasteiger partial charge on any atom is -0.383 e. The van der Waals surface area contributed by atoms with E-state index >= 15 is 0 Å². The number of hydrazine groups is 1. The molecule has 1 aromatic heterocycles. The molecule has 0 fully saturated rings. The summed E-state index contributed by atoms with van der Waals surface area (Å²) in [6.07, 6.45) is 1.56. The summed E-state index contributed by atoms with van der Waals surface area (Å²) < 4.78 is 5.65. The molecule has 0 aliphatic rings. The Bertz CT molecular complexity index is 400. The highest BCUT2D eigenvalue weighted by Crippen LogP contribution is 2.17. The molecular weight excluding hydrogens is 288 g/mol. The molecule has 0 radical (unpaired) electrons. The zero-order valence-electron chi connectivity index (χ0n) is 9.66. The number of carbonyl (C=O) groups excluding carboxylic acids is 1. The van der Waals surface area contributed by atoms with E-state index < -0.39 is 0 Å². The van der Waals surface area contributed by atoms with Crippen LogP contribution in [0, 0.1) is 0 Å². The minimum atomic E-state index is -0.253. The molecule has 0 aliphatic heterocycles. The lowest BCUT2D eigenvalue weighted by molar-refractivity contribution is 0.0906. The van der Waals surface area contributed by atoms with Crippen LogP contribution in [0.5, 0.6) is 0 Å². The Morgan fingerprint density at radius 3 is 3.00 bits per heavy atom. The molecule has 1 unspecified atom stereocenters. The number of pyridine rings is 1. The van der Waals surface area contributed by atoms with Crippen LogP contribution in [0.15, 0.2) is 16.7 Å². The van der Waals surface area contributed by atoms with Gasteiger partial charge in [-0.05, 0) is 28.9 Å². The molecule has 1 heterocycles. The van der Waals surface area contributed by atoms with Crippen molar-refractivity contribution in [1.29, 1.82) is 0 Å². The second-order valence-corrected chi connectivity index (χ2v) is 4.44. The molecule has 1 rings (SSSR count). The van der Waals surface area contributed by atoms with Gasteiger partial charge in [0.25, 0.3) is 5.91 Å². The number of methoxy groups -OCH3 is 1. The average molecular weight is 303 g/mol. The van der Waals surface area contributed by atoms with Crippen molar-refractivity contribution in [3.05, 3.63) is 22.3 Å². The SMILES string of the molecule is COCC(C)NC(=O)c1cc(Br)cnc1NN. The highest BCUT2D eigenvalue weighted by atomic mass is 79.9. The zero-order chi connectivity index (χ0) is 12.8. The number of nitrogens with two attached hydrogens (primary N) is 1. The van der Waals surface area contributed by atoms with Gasteiger partial charge in [-0.3, -0.25) is 4.79 Å². The van der Waals surface area contributed by atoms with Crippen molar-refractivity contribution in [2.24, 2.45) is 5.84 Å². The molecule has 6 nitrogen and oxygen atoms in total. The van der Waals surface area contributed by atoms with Gasteiger partial charge in [0.1, 0.15) is 0 Å². The van der Waals surface area contributed by atoms with Gasteiger partial charge in [0.2, 0.25) is 0 Å². The number of carbonyl (C=O) groups is 1. The Hall–Kier alpha value is -1.18. The normalized spacial score (nSPS) is 12.0. The third-order valence-corrected chi connectivity index (χ3v) is 2.46. The van der Waals surface area contributed by atoms with Crippen LogP contribution >= 0.6 is 15.9 Å². The van der Waals surface area contributed by atoms with Crippen molar-refractivity contribution in [3.8, 4) is 0 Å². The number of hydrogen-bond donors (Lipinski definition) is 3. The van der Waals surface area contributed by atoms with Gasteiger partial charge in [0, 0.05) is 23.8 Å². The number of nitrogens with one attached hydrogen (secondary N) is 2. The number of hydrogen-bond acceptors (Lipinski definition) is 5. The molecule has 17 heavy (non-hydrogen) atoms. The molecule has 0 bridgehead atoms.